The molecule has 0 atom stereocenters. The van der Waals surface area contributed by atoms with Crippen molar-refractivity contribution in [2.75, 3.05) is 0 Å². The Morgan fingerprint density at radius 2 is 2.09 bits per heavy atom. The van der Waals surface area contributed by atoms with E-state index < -0.39 is 6.85 Å². The number of nitrogens with zero attached hydrogens (tertiary/aromatic N) is 2. The van der Waals surface area contributed by atoms with E-state index in [1.54, 1.807) is 18.2 Å². The number of aryl methyl sites for hydroxylation is 1. The van der Waals surface area contributed by atoms with Gasteiger partial charge in [-0.25, -0.2) is 4.98 Å². The Bertz CT molecular complexity index is 465. The van der Waals surface area contributed by atoms with Crippen molar-refractivity contribution in [2.45, 2.75) is 6.85 Å². The number of para-hydroxylation sites is 2. The summed E-state index contributed by atoms with van der Waals surface area (Å²) in [6.45, 7) is -2.18. The molecule has 0 aliphatic carbocycles. The molecular weight excluding hydrogens is 136 g/mol. The molecule has 0 amide bonds. The van der Waals surface area contributed by atoms with Gasteiger partial charge in [0.15, 0.2) is 0 Å². The topological polar surface area (TPSA) is 25.8 Å². The molecule has 2 rings (SSSR count). The smallest absolute Gasteiger partial charge is 0.0889 e. The van der Waals surface area contributed by atoms with Crippen molar-refractivity contribution in [1.29, 1.82) is 0 Å². The molecule has 2 heteroatoms. The minimum absolute atomic E-state index is 0.0381. The van der Waals surface area contributed by atoms with E-state index in [4.69, 9.17) is 4.11 Å². The molecule has 1 aromatic heterocycles. The van der Waals surface area contributed by atoms with Crippen LogP contribution in [0.1, 0.15) is 9.81 Å². The van der Waals surface area contributed by atoms with Gasteiger partial charge in [-0.15, -0.1) is 0 Å². The fourth-order valence-corrected chi connectivity index (χ4v) is 0.957. The van der Waals surface area contributed by atoms with Gasteiger partial charge in [-0.1, -0.05) is 12.1 Å². The van der Waals surface area contributed by atoms with Crippen LogP contribution < -0.4 is 0 Å². The van der Waals surface area contributed by atoms with Gasteiger partial charge < -0.3 is 0 Å². The highest BCUT2D eigenvalue weighted by Gasteiger charge is 1.92. The Morgan fingerprint density at radius 1 is 1.27 bits per heavy atom. The Kier molecular flexibility index (Phi) is 0.799. The second-order valence-electron chi connectivity index (χ2n) is 2.24. The van der Waals surface area contributed by atoms with Crippen LogP contribution in [0, 0.1) is 6.85 Å². The first-order valence-electron chi connectivity index (χ1n) is 4.80. The Morgan fingerprint density at radius 3 is 2.91 bits per heavy atom. The zero-order valence-electron chi connectivity index (χ0n) is 8.78. The van der Waals surface area contributed by atoms with E-state index in [9.17, 15) is 0 Å². The lowest BCUT2D eigenvalue weighted by Gasteiger charge is -1.95. The SMILES string of the molecule is [2H]C([2H])([2H])c1cnc2ccccc2n1. The average Bonchev–Trinajstić information content (AvgIpc) is 2.16. The summed E-state index contributed by atoms with van der Waals surface area (Å²) in [6, 6.07) is 7.19. The Labute approximate surface area is 69.1 Å². The molecule has 0 radical (unpaired) electrons. The predicted octanol–water partition coefficient (Wildman–Crippen LogP) is 1.94. The third kappa shape index (κ3) is 1.07. The molecule has 0 fully saturated rings. The zero-order chi connectivity index (χ0) is 10.2. The minimum atomic E-state index is -2.18. The van der Waals surface area contributed by atoms with Gasteiger partial charge in [0.05, 0.1) is 16.7 Å². The van der Waals surface area contributed by atoms with E-state index in [0.717, 1.165) is 0 Å². The standard InChI is InChI=1S/C9H8N2/c1-7-6-10-8-4-2-3-5-9(8)11-7/h2-6H,1H3/i1D3. The normalized spacial score (nSPS) is 15.5. The van der Waals surface area contributed by atoms with Crippen LogP contribution in [-0.4, -0.2) is 9.97 Å². The molecule has 0 saturated heterocycles. The number of hydrogen-bond donors (Lipinski definition) is 0. The van der Waals surface area contributed by atoms with Crippen molar-refractivity contribution in [2.24, 2.45) is 0 Å². The molecule has 2 aromatic rings. The molecule has 2 nitrogen and oxygen atoms in total. The third-order valence-corrected chi connectivity index (χ3v) is 1.45. The molecular formula is C9H8N2. The highest BCUT2D eigenvalue weighted by Crippen LogP contribution is 2.06. The van der Waals surface area contributed by atoms with Gasteiger partial charge in [-0.05, 0) is 19.0 Å². The summed E-state index contributed by atoms with van der Waals surface area (Å²) in [5, 5.41) is 0. The highest BCUT2D eigenvalue weighted by molar-refractivity contribution is 5.73. The Hall–Kier alpha value is -1.44. The number of benzene rings is 1. The lowest BCUT2D eigenvalue weighted by Crippen LogP contribution is -1.85. The maximum atomic E-state index is 7.18. The van der Waals surface area contributed by atoms with E-state index >= 15 is 0 Å². The predicted molar refractivity (Wildman–Crippen MR) is 44.3 cm³/mol. The first-order chi connectivity index (χ1) is 6.57. The quantitative estimate of drug-likeness (QED) is 0.569. The number of aromatic nitrogens is 2. The second-order valence-corrected chi connectivity index (χ2v) is 2.24. The maximum absolute atomic E-state index is 7.18. The largest absolute Gasteiger partial charge is 0.253 e. The molecule has 0 spiro atoms. The second kappa shape index (κ2) is 2.31. The van der Waals surface area contributed by atoms with Crippen molar-refractivity contribution in [3.8, 4) is 0 Å². The first kappa shape index (κ1) is 3.81. The fourth-order valence-electron chi connectivity index (χ4n) is 0.957. The molecule has 1 aromatic carbocycles. The van der Waals surface area contributed by atoms with E-state index in [1.165, 1.54) is 6.20 Å². The van der Waals surface area contributed by atoms with Crippen LogP contribution in [0.5, 0.6) is 0 Å². The zero-order valence-corrected chi connectivity index (χ0v) is 5.78. The summed E-state index contributed by atoms with van der Waals surface area (Å²) in [5.74, 6) is 0. The minimum Gasteiger partial charge on any atom is -0.253 e. The average molecular weight is 147 g/mol. The van der Waals surface area contributed by atoms with Crippen LogP contribution >= 0.6 is 0 Å². The van der Waals surface area contributed by atoms with Crippen LogP contribution in [0.2, 0.25) is 0 Å². The van der Waals surface area contributed by atoms with Gasteiger partial charge in [0.1, 0.15) is 0 Å². The van der Waals surface area contributed by atoms with Gasteiger partial charge in [0.2, 0.25) is 0 Å². The van der Waals surface area contributed by atoms with Gasteiger partial charge >= 0.3 is 0 Å². The Balaban J connectivity index is 2.63. The van der Waals surface area contributed by atoms with Crippen LogP contribution in [-0.2, 0) is 0 Å². The van der Waals surface area contributed by atoms with E-state index in [0.29, 0.717) is 11.0 Å². The van der Waals surface area contributed by atoms with Crippen molar-refractivity contribution >= 4 is 11.0 Å². The maximum Gasteiger partial charge on any atom is 0.0889 e. The third-order valence-electron chi connectivity index (χ3n) is 1.45. The summed E-state index contributed by atoms with van der Waals surface area (Å²) < 4.78 is 21.5. The molecule has 0 unspecified atom stereocenters. The van der Waals surface area contributed by atoms with Crippen molar-refractivity contribution in [1.82, 2.24) is 9.97 Å². The van der Waals surface area contributed by atoms with Crippen LogP contribution in [0.25, 0.3) is 11.0 Å². The molecule has 0 N–H and O–H groups in total. The van der Waals surface area contributed by atoms with Crippen LogP contribution in [0.4, 0.5) is 0 Å². The molecule has 1 heterocycles. The molecule has 0 aliphatic rings. The number of rotatable bonds is 0. The van der Waals surface area contributed by atoms with E-state index in [-0.39, 0.29) is 5.69 Å². The van der Waals surface area contributed by atoms with Gasteiger partial charge in [0.25, 0.3) is 0 Å². The van der Waals surface area contributed by atoms with Gasteiger partial charge in [-0.2, -0.15) is 0 Å². The highest BCUT2D eigenvalue weighted by atomic mass is 14.8. The first-order valence-corrected chi connectivity index (χ1v) is 3.30. The summed E-state index contributed by atoms with van der Waals surface area (Å²) in [4.78, 5) is 8.05. The monoisotopic (exact) mass is 147 g/mol. The number of hydrogen-bond acceptors (Lipinski definition) is 2. The molecule has 0 bridgehead atoms. The summed E-state index contributed by atoms with van der Waals surface area (Å²) >= 11 is 0. The van der Waals surface area contributed by atoms with E-state index in [2.05, 4.69) is 9.97 Å². The van der Waals surface area contributed by atoms with Crippen molar-refractivity contribution in [3.63, 3.8) is 0 Å². The lowest BCUT2D eigenvalue weighted by molar-refractivity contribution is 1.19. The summed E-state index contributed by atoms with van der Waals surface area (Å²) in [6.07, 6.45) is 1.30. The van der Waals surface area contributed by atoms with Crippen LogP contribution in [0.3, 0.4) is 0 Å². The molecule has 0 saturated carbocycles. The van der Waals surface area contributed by atoms with Crippen LogP contribution in [0.15, 0.2) is 30.5 Å². The van der Waals surface area contributed by atoms with Gasteiger partial charge in [0, 0.05) is 10.3 Å². The van der Waals surface area contributed by atoms with E-state index in [1.807, 2.05) is 6.07 Å². The van der Waals surface area contributed by atoms with Crippen molar-refractivity contribution in [3.05, 3.63) is 36.2 Å². The lowest BCUT2D eigenvalue weighted by atomic mass is 10.3. The fraction of sp³-hybridized carbons (Fsp3) is 0.111. The number of fused-ring (bicyclic) bond motifs is 1. The molecule has 0 aliphatic heterocycles. The van der Waals surface area contributed by atoms with Gasteiger partial charge in [-0.3, -0.25) is 4.98 Å². The molecule has 11 heavy (non-hydrogen) atoms. The summed E-state index contributed by atoms with van der Waals surface area (Å²) in [7, 11) is 0. The molecule has 54 valence electrons. The summed E-state index contributed by atoms with van der Waals surface area (Å²) in [5.41, 5.74) is 1.36. The van der Waals surface area contributed by atoms with Crippen molar-refractivity contribution < 1.29 is 4.11 Å².